The van der Waals surface area contributed by atoms with Gasteiger partial charge in [0.25, 0.3) is 5.91 Å². The highest BCUT2D eigenvalue weighted by atomic mass is 35.5. The SMILES string of the molecule is CO[C@@H](C)C(=O)N=S1(=O)CC2CC(CN(C(=O)CCOc3ccccc3Cl)C2)C1. The molecule has 1 aromatic rings. The topological polar surface area (TPSA) is 85.3 Å². The first kappa shape index (κ1) is 22.1. The van der Waals surface area contributed by atoms with Gasteiger partial charge in [0.05, 0.1) is 27.8 Å². The van der Waals surface area contributed by atoms with Crippen molar-refractivity contribution in [2.24, 2.45) is 16.2 Å². The van der Waals surface area contributed by atoms with Gasteiger partial charge in [-0.3, -0.25) is 9.59 Å². The quantitative estimate of drug-likeness (QED) is 0.676. The van der Waals surface area contributed by atoms with Crippen molar-refractivity contribution in [1.29, 1.82) is 0 Å². The molecule has 2 fully saturated rings. The van der Waals surface area contributed by atoms with Crippen molar-refractivity contribution in [3.05, 3.63) is 29.3 Å². The molecule has 0 saturated carbocycles. The molecular weight excluding hydrogens is 416 g/mol. The van der Waals surface area contributed by atoms with E-state index in [1.54, 1.807) is 19.1 Å². The van der Waals surface area contributed by atoms with Gasteiger partial charge in [-0.05, 0) is 37.3 Å². The van der Waals surface area contributed by atoms with Crippen molar-refractivity contribution >= 4 is 33.1 Å². The average molecular weight is 443 g/mol. The number of piperidine rings is 1. The third kappa shape index (κ3) is 5.71. The Labute approximate surface area is 176 Å². The smallest absolute Gasteiger partial charge is 0.282 e. The number of para-hydroxylation sites is 1. The largest absolute Gasteiger partial charge is 0.491 e. The van der Waals surface area contributed by atoms with Crippen molar-refractivity contribution in [2.75, 3.05) is 38.3 Å². The number of nitrogens with zero attached hydrogens (tertiary/aromatic N) is 2. The normalized spacial score (nSPS) is 27.2. The van der Waals surface area contributed by atoms with Crippen LogP contribution in [0.2, 0.25) is 5.02 Å². The summed E-state index contributed by atoms with van der Waals surface area (Å²) in [4.78, 5) is 26.5. The first-order valence-electron chi connectivity index (χ1n) is 9.74. The van der Waals surface area contributed by atoms with Crippen LogP contribution in [0.1, 0.15) is 19.8 Å². The molecule has 1 aromatic carbocycles. The summed E-state index contributed by atoms with van der Waals surface area (Å²) in [6.07, 6.45) is 0.487. The summed E-state index contributed by atoms with van der Waals surface area (Å²) < 4.78 is 27.7. The van der Waals surface area contributed by atoms with Crippen LogP contribution in [0.5, 0.6) is 5.75 Å². The van der Waals surface area contributed by atoms with Crippen molar-refractivity contribution in [3.8, 4) is 5.75 Å². The van der Waals surface area contributed by atoms with E-state index >= 15 is 0 Å². The molecule has 2 bridgehead atoms. The standard InChI is InChI=1S/C20H27ClN2O5S/c1-14(27-2)20(25)22-29(26)12-15-9-16(13-29)11-23(10-15)19(24)7-8-28-18-6-4-3-5-17(18)21/h3-6,14-16H,7-13H2,1-2H3/t14-,15?,16?,29?/m0/s1. The third-order valence-electron chi connectivity index (χ3n) is 5.34. The molecule has 3 rings (SSSR count). The van der Waals surface area contributed by atoms with Crippen LogP contribution in [0.3, 0.4) is 0 Å². The van der Waals surface area contributed by atoms with Gasteiger partial charge in [0.15, 0.2) is 0 Å². The zero-order chi connectivity index (χ0) is 21.0. The number of amides is 2. The molecule has 2 saturated heterocycles. The van der Waals surface area contributed by atoms with Crippen molar-refractivity contribution < 1.29 is 23.3 Å². The maximum atomic E-state index is 13.1. The fraction of sp³-hybridized carbons (Fsp3) is 0.600. The summed E-state index contributed by atoms with van der Waals surface area (Å²) >= 11 is 6.06. The minimum atomic E-state index is -2.59. The molecule has 0 N–H and O–H groups in total. The second kappa shape index (κ2) is 9.45. The summed E-state index contributed by atoms with van der Waals surface area (Å²) in [7, 11) is -1.16. The number of hydrogen-bond donors (Lipinski definition) is 0. The van der Waals surface area contributed by atoms with Gasteiger partial charge in [0, 0.05) is 31.7 Å². The Morgan fingerprint density at radius 2 is 1.93 bits per heavy atom. The summed E-state index contributed by atoms with van der Waals surface area (Å²) in [5, 5.41) is 0.517. The second-order valence-corrected chi connectivity index (χ2v) is 10.5. The van der Waals surface area contributed by atoms with Crippen LogP contribution in [0.15, 0.2) is 28.6 Å². The van der Waals surface area contributed by atoms with E-state index in [2.05, 4.69) is 4.36 Å². The van der Waals surface area contributed by atoms with Crippen LogP contribution < -0.4 is 4.74 Å². The number of hydrogen-bond acceptors (Lipinski definition) is 5. The van der Waals surface area contributed by atoms with Crippen LogP contribution >= 0.6 is 11.6 Å². The Balaban J connectivity index is 1.55. The molecule has 0 aliphatic carbocycles. The molecule has 2 aliphatic rings. The van der Waals surface area contributed by atoms with E-state index in [9.17, 15) is 13.8 Å². The van der Waals surface area contributed by atoms with Crippen LogP contribution in [0, 0.1) is 11.8 Å². The van der Waals surface area contributed by atoms with Crippen molar-refractivity contribution in [2.45, 2.75) is 25.9 Å². The fourth-order valence-electron chi connectivity index (χ4n) is 3.95. The lowest BCUT2D eigenvalue weighted by atomic mass is 9.91. The number of carbonyl (C=O) groups excluding carboxylic acids is 2. The van der Waals surface area contributed by atoms with E-state index < -0.39 is 21.7 Å². The summed E-state index contributed by atoms with van der Waals surface area (Å²) in [5.41, 5.74) is 0. The Morgan fingerprint density at radius 1 is 1.28 bits per heavy atom. The number of ether oxygens (including phenoxy) is 2. The van der Waals surface area contributed by atoms with E-state index in [4.69, 9.17) is 21.1 Å². The average Bonchev–Trinajstić information content (AvgIpc) is 2.67. The molecular formula is C20H27ClN2O5S. The summed E-state index contributed by atoms with van der Waals surface area (Å²) in [6.45, 7) is 2.94. The molecule has 160 valence electrons. The lowest BCUT2D eigenvalue weighted by Gasteiger charge is -2.42. The first-order chi connectivity index (χ1) is 13.8. The first-order valence-corrected chi connectivity index (χ1v) is 12.0. The zero-order valence-corrected chi connectivity index (χ0v) is 18.3. The number of rotatable bonds is 6. The minimum Gasteiger partial charge on any atom is -0.491 e. The predicted molar refractivity (Wildman–Crippen MR) is 112 cm³/mol. The Bertz CT molecular complexity index is 863. The molecule has 2 aliphatic heterocycles. The highest BCUT2D eigenvalue weighted by molar-refractivity contribution is 7.93. The Hall–Kier alpha value is -1.64. The van der Waals surface area contributed by atoms with Gasteiger partial charge in [-0.15, -0.1) is 0 Å². The van der Waals surface area contributed by atoms with Crippen molar-refractivity contribution in [3.63, 3.8) is 0 Å². The molecule has 2 heterocycles. The van der Waals surface area contributed by atoms with Crippen LogP contribution in [0.4, 0.5) is 0 Å². The number of carbonyl (C=O) groups is 2. The molecule has 2 unspecified atom stereocenters. The van der Waals surface area contributed by atoms with Gasteiger partial charge >= 0.3 is 0 Å². The molecule has 0 aromatic heterocycles. The lowest BCUT2D eigenvalue weighted by Crippen LogP contribution is -2.51. The van der Waals surface area contributed by atoms with E-state index in [0.29, 0.717) is 35.4 Å². The highest BCUT2D eigenvalue weighted by Gasteiger charge is 2.38. The zero-order valence-electron chi connectivity index (χ0n) is 16.7. The van der Waals surface area contributed by atoms with Crippen LogP contribution in [0.25, 0.3) is 0 Å². The number of methoxy groups -OCH3 is 1. The van der Waals surface area contributed by atoms with E-state index in [1.165, 1.54) is 7.11 Å². The van der Waals surface area contributed by atoms with Gasteiger partial charge in [0.2, 0.25) is 5.91 Å². The van der Waals surface area contributed by atoms with Gasteiger partial charge in [0.1, 0.15) is 11.9 Å². The molecule has 2 amide bonds. The maximum Gasteiger partial charge on any atom is 0.282 e. The molecule has 3 atom stereocenters. The van der Waals surface area contributed by atoms with Gasteiger partial charge in [-0.1, -0.05) is 23.7 Å². The monoisotopic (exact) mass is 442 g/mol. The predicted octanol–water partition coefficient (Wildman–Crippen LogP) is 2.62. The third-order valence-corrected chi connectivity index (χ3v) is 8.15. The summed E-state index contributed by atoms with van der Waals surface area (Å²) in [5.74, 6) is 1.00. The Morgan fingerprint density at radius 3 is 2.55 bits per heavy atom. The number of fused-ring (bicyclic) bond motifs is 2. The van der Waals surface area contributed by atoms with E-state index in [-0.39, 0.29) is 30.8 Å². The van der Waals surface area contributed by atoms with Crippen LogP contribution in [-0.2, 0) is 24.1 Å². The van der Waals surface area contributed by atoms with Gasteiger partial charge in [-0.25, -0.2) is 4.21 Å². The number of benzene rings is 1. The van der Waals surface area contributed by atoms with Gasteiger partial charge in [-0.2, -0.15) is 4.36 Å². The second-order valence-electron chi connectivity index (χ2n) is 7.71. The maximum absolute atomic E-state index is 13.1. The lowest BCUT2D eigenvalue weighted by molar-refractivity contribution is -0.134. The van der Waals surface area contributed by atoms with Gasteiger partial charge < -0.3 is 14.4 Å². The van der Waals surface area contributed by atoms with Crippen molar-refractivity contribution in [1.82, 2.24) is 4.90 Å². The number of halogens is 1. The number of likely N-dealkylation sites (tertiary alicyclic amines) is 1. The molecule has 0 radical (unpaired) electrons. The molecule has 0 spiro atoms. The molecule has 7 nitrogen and oxygen atoms in total. The minimum absolute atomic E-state index is 0.0150. The van der Waals surface area contributed by atoms with E-state index in [0.717, 1.165) is 6.42 Å². The Kier molecular flexibility index (Phi) is 7.19. The fourth-order valence-corrected chi connectivity index (χ4v) is 6.86. The van der Waals surface area contributed by atoms with Crippen LogP contribution in [-0.4, -0.2) is 65.3 Å². The summed E-state index contributed by atoms with van der Waals surface area (Å²) in [6, 6.07) is 7.16. The molecule has 9 heteroatoms. The molecule has 29 heavy (non-hydrogen) atoms. The highest BCUT2D eigenvalue weighted by Crippen LogP contribution is 2.31. The van der Waals surface area contributed by atoms with E-state index in [1.807, 2.05) is 17.0 Å².